The molecule has 170 valence electrons. The summed E-state index contributed by atoms with van der Waals surface area (Å²) in [5.41, 5.74) is 1.63. The zero-order valence-corrected chi connectivity index (χ0v) is 19.1. The van der Waals surface area contributed by atoms with Gasteiger partial charge >= 0.3 is 6.03 Å². The third-order valence-electron chi connectivity index (χ3n) is 4.84. The average Bonchev–Trinajstić information content (AvgIpc) is 3.14. The van der Waals surface area contributed by atoms with Gasteiger partial charge in [0.15, 0.2) is 0 Å². The van der Waals surface area contributed by atoms with Crippen molar-refractivity contribution < 1.29 is 19.1 Å². The highest BCUT2D eigenvalue weighted by molar-refractivity contribution is 5.92. The first-order valence-electron chi connectivity index (χ1n) is 10.4. The summed E-state index contributed by atoms with van der Waals surface area (Å²) < 4.78 is 12.4. The predicted molar refractivity (Wildman–Crippen MR) is 121 cm³/mol. The molecule has 0 radical (unpaired) electrons. The Bertz CT molecular complexity index is 850. The molecule has 1 aromatic carbocycles. The predicted octanol–water partition coefficient (Wildman–Crippen LogP) is 3.20. The number of benzene rings is 1. The van der Waals surface area contributed by atoms with Crippen molar-refractivity contribution >= 4 is 17.6 Å². The van der Waals surface area contributed by atoms with Crippen LogP contribution in [0.3, 0.4) is 0 Å². The Hall–Kier alpha value is -3.00. The Morgan fingerprint density at radius 2 is 1.90 bits per heavy atom. The number of carbonyl (C=O) groups is 2. The van der Waals surface area contributed by atoms with E-state index in [0.717, 1.165) is 5.69 Å². The molecule has 0 fully saturated rings. The molecule has 0 saturated heterocycles. The van der Waals surface area contributed by atoms with Crippen molar-refractivity contribution in [3.05, 3.63) is 48.3 Å². The maximum absolute atomic E-state index is 13.2. The van der Waals surface area contributed by atoms with Crippen LogP contribution in [0, 0.1) is 5.92 Å². The first kappa shape index (κ1) is 24.3. The molecule has 0 aliphatic carbocycles. The molecule has 1 aromatic heterocycles. The van der Waals surface area contributed by atoms with Gasteiger partial charge < -0.3 is 29.2 Å². The minimum absolute atomic E-state index is 0.0118. The number of carbonyl (C=O) groups excluding carboxylic acids is 2. The van der Waals surface area contributed by atoms with Gasteiger partial charge in [0.1, 0.15) is 12.3 Å². The van der Waals surface area contributed by atoms with Crippen LogP contribution in [0.4, 0.5) is 10.5 Å². The van der Waals surface area contributed by atoms with Crippen LogP contribution < -0.4 is 10.1 Å². The molecule has 1 N–H and O–H groups in total. The van der Waals surface area contributed by atoms with Gasteiger partial charge in [-0.1, -0.05) is 19.9 Å². The summed E-state index contributed by atoms with van der Waals surface area (Å²) in [6.45, 7) is 5.82. The molecule has 3 amide bonds. The van der Waals surface area contributed by atoms with Crippen LogP contribution in [0.15, 0.2) is 42.6 Å². The van der Waals surface area contributed by atoms with E-state index in [4.69, 9.17) is 9.47 Å². The molecule has 8 nitrogen and oxygen atoms in total. The molecule has 0 saturated carbocycles. The summed E-state index contributed by atoms with van der Waals surface area (Å²) in [5, 5.41) is 2.87. The summed E-state index contributed by atoms with van der Waals surface area (Å²) in [4.78, 5) is 29.4. The fourth-order valence-electron chi connectivity index (χ4n) is 3.18. The van der Waals surface area contributed by atoms with Crippen LogP contribution in [0.25, 0.3) is 0 Å². The van der Waals surface area contributed by atoms with Crippen LogP contribution in [-0.4, -0.2) is 66.8 Å². The van der Waals surface area contributed by atoms with E-state index >= 15 is 0 Å². The number of aryl methyl sites for hydroxylation is 1. The van der Waals surface area contributed by atoms with Crippen molar-refractivity contribution in [2.24, 2.45) is 13.0 Å². The minimum Gasteiger partial charge on any atom is -0.497 e. The highest BCUT2D eigenvalue weighted by Crippen LogP contribution is 2.17. The number of nitrogens with zero attached hydrogens (tertiary/aromatic N) is 3. The molecule has 2 aromatic rings. The smallest absolute Gasteiger partial charge is 0.322 e. The molecule has 8 heteroatoms. The standard InChI is InChI=1S/C23H34N4O4/c1-18(2)15-27(23(29)24-19-8-6-10-21(14-19)31-5)17-22(28)26(12-13-30-4)16-20-9-7-11-25(20)3/h6-11,14,18H,12-13,15-17H2,1-5H3,(H,24,29). The number of rotatable bonds is 11. The number of ether oxygens (including phenoxy) is 2. The lowest BCUT2D eigenvalue weighted by molar-refractivity contribution is -0.133. The van der Waals surface area contributed by atoms with Crippen LogP contribution in [-0.2, 0) is 23.1 Å². The van der Waals surface area contributed by atoms with Gasteiger partial charge in [-0.2, -0.15) is 0 Å². The summed E-state index contributed by atoms with van der Waals surface area (Å²) in [6.07, 6.45) is 1.95. The summed E-state index contributed by atoms with van der Waals surface area (Å²) >= 11 is 0. The molecule has 0 spiro atoms. The summed E-state index contributed by atoms with van der Waals surface area (Å²) in [6, 6.07) is 10.8. The van der Waals surface area contributed by atoms with Gasteiger partial charge in [-0.3, -0.25) is 4.79 Å². The van der Waals surface area contributed by atoms with Gasteiger partial charge in [-0.05, 0) is 30.2 Å². The monoisotopic (exact) mass is 430 g/mol. The molecule has 0 bridgehead atoms. The van der Waals surface area contributed by atoms with Gasteiger partial charge in [0.2, 0.25) is 5.91 Å². The maximum Gasteiger partial charge on any atom is 0.322 e. The molecule has 0 unspecified atom stereocenters. The van der Waals surface area contributed by atoms with E-state index in [1.807, 2.05) is 49.9 Å². The largest absolute Gasteiger partial charge is 0.497 e. The van der Waals surface area contributed by atoms with E-state index in [0.29, 0.717) is 37.7 Å². The molecule has 0 aliphatic rings. The van der Waals surface area contributed by atoms with Gasteiger partial charge in [0, 0.05) is 50.9 Å². The third kappa shape index (κ3) is 7.64. The number of hydrogen-bond acceptors (Lipinski definition) is 4. The van der Waals surface area contributed by atoms with Crippen molar-refractivity contribution in [1.29, 1.82) is 0 Å². The lowest BCUT2D eigenvalue weighted by Gasteiger charge is -2.29. The summed E-state index contributed by atoms with van der Waals surface area (Å²) in [5.74, 6) is 0.737. The van der Waals surface area contributed by atoms with Crippen LogP contribution in [0.2, 0.25) is 0 Å². The molecule has 2 rings (SSSR count). The van der Waals surface area contributed by atoms with Crippen molar-refractivity contribution in [3.63, 3.8) is 0 Å². The second kappa shape index (κ2) is 12.0. The topological polar surface area (TPSA) is 76.0 Å². The molecule has 0 aliphatic heterocycles. The fourth-order valence-corrected chi connectivity index (χ4v) is 3.18. The number of anilines is 1. The van der Waals surface area contributed by atoms with E-state index in [9.17, 15) is 9.59 Å². The van der Waals surface area contributed by atoms with E-state index in [1.165, 1.54) is 0 Å². The summed E-state index contributed by atoms with van der Waals surface area (Å²) in [7, 11) is 5.13. The van der Waals surface area contributed by atoms with Crippen LogP contribution in [0.5, 0.6) is 5.75 Å². The Morgan fingerprint density at radius 3 is 2.52 bits per heavy atom. The number of urea groups is 1. The second-order valence-electron chi connectivity index (χ2n) is 7.86. The number of amides is 3. The van der Waals surface area contributed by atoms with Crippen molar-refractivity contribution in [2.75, 3.05) is 45.8 Å². The first-order valence-corrected chi connectivity index (χ1v) is 10.4. The Morgan fingerprint density at radius 1 is 1.13 bits per heavy atom. The van der Waals surface area contributed by atoms with Gasteiger partial charge in [0.25, 0.3) is 0 Å². The maximum atomic E-state index is 13.2. The lowest BCUT2D eigenvalue weighted by atomic mass is 10.2. The lowest BCUT2D eigenvalue weighted by Crippen LogP contribution is -2.46. The van der Waals surface area contributed by atoms with Crippen LogP contribution in [0.1, 0.15) is 19.5 Å². The van der Waals surface area contributed by atoms with Crippen molar-refractivity contribution in [2.45, 2.75) is 20.4 Å². The van der Waals surface area contributed by atoms with E-state index in [-0.39, 0.29) is 24.4 Å². The quantitative estimate of drug-likeness (QED) is 0.594. The minimum atomic E-state index is -0.319. The van der Waals surface area contributed by atoms with Crippen molar-refractivity contribution in [1.82, 2.24) is 14.4 Å². The zero-order chi connectivity index (χ0) is 22.8. The number of methoxy groups -OCH3 is 2. The first-order chi connectivity index (χ1) is 14.8. The Labute approximate surface area is 184 Å². The van der Waals surface area contributed by atoms with E-state index in [2.05, 4.69) is 5.32 Å². The molecule has 1 heterocycles. The fraction of sp³-hybridized carbons (Fsp3) is 0.478. The Kier molecular flexibility index (Phi) is 9.40. The van der Waals surface area contributed by atoms with Gasteiger partial charge in [-0.25, -0.2) is 4.79 Å². The molecular formula is C23H34N4O4. The number of aromatic nitrogens is 1. The number of nitrogens with one attached hydrogen (secondary N) is 1. The average molecular weight is 431 g/mol. The molecule has 31 heavy (non-hydrogen) atoms. The third-order valence-corrected chi connectivity index (χ3v) is 4.84. The van der Waals surface area contributed by atoms with Crippen LogP contribution >= 0.6 is 0 Å². The highest BCUT2D eigenvalue weighted by Gasteiger charge is 2.23. The molecular weight excluding hydrogens is 396 g/mol. The molecule has 0 atom stereocenters. The Balaban J connectivity index is 2.12. The van der Waals surface area contributed by atoms with Crippen molar-refractivity contribution in [3.8, 4) is 5.75 Å². The second-order valence-corrected chi connectivity index (χ2v) is 7.86. The van der Waals surface area contributed by atoms with Gasteiger partial charge in [0.05, 0.1) is 20.3 Å². The highest BCUT2D eigenvalue weighted by atomic mass is 16.5. The van der Waals surface area contributed by atoms with Gasteiger partial charge in [-0.15, -0.1) is 0 Å². The van der Waals surface area contributed by atoms with E-state index < -0.39 is 0 Å². The number of hydrogen-bond donors (Lipinski definition) is 1. The zero-order valence-electron chi connectivity index (χ0n) is 19.1. The van der Waals surface area contributed by atoms with E-state index in [1.54, 1.807) is 42.2 Å². The SMILES string of the molecule is COCCN(Cc1cccn1C)C(=O)CN(CC(C)C)C(=O)Nc1cccc(OC)c1. The normalized spacial score (nSPS) is 10.8.